The van der Waals surface area contributed by atoms with E-state index in [9.17, 15) is 18.0 Å². The van der Waals surface area contributed by atoms with Gasteiger partial charge in [-0.2, -0.15) is 13.2 Å². The Hall–Kier alpha value is -1.76. The van der Waals surface area contributed by atoms with Crippen molar-refractivity contribution in [3.05, 3.63) is 28.8 Å². The van der Waals surface area contributed by atoms with Crippen LogP contribution in [0, 0.1) is 19.8 Å². The van der Waals surface area contributed by atoms with Crippen LogP contribution in [0.25, 0.3) is 0 Å². The molecule has 1 fully saturated rings. The number of nitrogens with zero attached hydrogens (tertiary/aromatic N) is 1. The van der Waals surface area contributed by atoms with E-state index < -0.39 is 12.8 Å². The first-order valence-electron chi connectivity index (χ1n) is 7.80. The molecule has 134 valence electrons. The van der Waals surface area contributed by atoms with Crippen LogP contribution in [0.3, 0.4) is 0 Å². The Morgan fingerprint density at radius 2 is 1.96 bits per heavy atom. The Morgan fingerprint density at radius 1 is 1.33 bits per heavy atom. The summed E-state index contributed by atoms with van der Waals surface area (Å²) in [5, 5.41) is 0. The quantitative estimate of drug-likeness (QED) is 0.822. The van der Waals surface area contributed by atoms with Gasteiger partial charge in [0, 0.05) is 20.2 Å². The smallest absolute Gasteiger partial charge is 0.422 e. The standard InChI is InChI=1S/C17H22F3NO3/c1-11-6-13(7-12(2)15(11)24-10-17(18,19)20)8-21(3)16(22)14-4-5-23-9-14/h6-7,14H,4-5,8-10H2,1-3H3/t14-/m1/s1. The number of carbonyl (C=O) groups excluding carboxylic acids is 1. The Labute approximate surface area is 139 Å². The largest absolute Gasteiger partial charge is 0.484 e. The molecule has 1 aliphatic rings. The summed E-state index contributed by atoms with van der Waals surface area (Å²) >= 11 is 0. The zero-order valence-electron chi connectivity index (χ0n) is 14.1. The van der Waals surface area contributed by atoms with E-state index in [1.807, 2.05) is 0 Å². The Kier molecular flexibility index (Phi) is 5.74. The van der Waals surface area contributed by atoms with Crippen LogP contribution in [0.5, 0.6) is 5.75 Å². The summed E-state index contributed by atoms with van der Waals surface area (Å²) in [6.45, 7) is 3.55. The summed E-state index contributed by atoms with van der Waals surface area (Å²) in [7, 11) is 1.72. The minimum absolute atomic E-state index is 0.0280. The third-order valence-corrected chi connectivity index (χ3v) is 3.98. The third-order valence-electron chi connectivity index (χ3n) is 3.98. The van der Waals surface area contributed by atoms with Crippen molar-refractivity contribution in [2.24, 2.45) is 5.92 Å². The molecule has 0 bridgehead atoms. The third kappa shape index (κ3) is 4.87. The second kappa shape index (κ2) is 7.42. The van der Waals surface area contributed by atoms with Gasteiger partial charge in [0.05, 0.1) is 12.5 Å². The molecule has 0 unspecified atom stereocenters. The van der Waals surface area contributed by atoms with E-state index in [1.165, 1.54) is 0 Å². The van der Waals surface area contributed by atoms with E-state index >= 15 is 0 Å². The van der Waals surface area contributed by atoms with Gasteiger partial charge in [0.1, 0.15) is 5.75 Å². The van der Waals surface area contributed by atoms with Gasteiger partial charge in [0.15, 0.2) is 6.61 Å². The second-order valence-electron chi connectivity index (χ2n) is 6.22. The van der Waals surface area contributed by atoms with E-state index in [0.29, 0.717) is 30.9 Å². The van der Waals surface area contributed by atoms with Crippen LogP contribution in [-0.2, 0) is 16.1 Å². The molecular weight excluding hydrogens is 323 g/mol. The minimum Gasteiger partial charge on any atom is -0.484 e. The number of amides is 1. The van der Waals surface area contributed by atoms with Crippen molar-refractivity contribution in [1.82, 2.24) is 4.90 Å². The topological polar surface area (TPSA) is 38.8 Å². The molecule has 0 aromatic heterocycles. The maximum Gasteiger partial charge on any atom is 0.422 e. The lowest BCUT2D eigenvalue weighted by molar-refractivity contribution is -0.153. The highest BCUT2D eigenvalue weighted by Gasteiger charge is 2.29. The predicted octanol–water partition coefficient (Wildman–Crippen LogP) is 3.24. The first kappa shape index (κ1) is 18.6. The zero-order valence-corrected chi connectivity index (χ0v) is 14.1. The number of benzene rings is 1. The van der Waals surface area contributed by atoms with Gasteiger partial charge < -0.3 is 14.4 Å². The van der Waals surface area contributed by atoms with Crippen molar-refractivity contribution in [2.75, 3.05) is 26.9 Å². The monoisotopic (exact) mass is 345 g/mol. The number of alkyl halides is 3. The number of halogens is 3. The van der Waals surface area contributed by atoms with Crippen LogP contribution in [0.15, 0.2) is 12.1 Å². The highest BCUT2D eigenvalue weighted by molar-refractivity contribution is 5.79. The summed E-state index contributed by atoms with van der Waals surface area (Å²) in [6, 6.07) is 3.52. The fourth-order valence-electron chi connectivity index (χ4n) is 2.91. The summed E-state index contributed by atoms with van der Waals surface area (Å²) in [5.74, 6) is 0.168. The van der Waals surface area contributed by atoms with Crippen LogP contribution < -0.4 is 4.74 Å². The summed E-state index contributed by atoms with van der Waals surface area (Å²) in [6.07, 6.45) is -3.64. The van der Waals surface area contributed by atoms with Gasteiger partial charge in [-0.3, -0.25) is 4.79 Å². The number of hydrogen-bond donors (Lipinski definition) is 0. The first-order chi connectivity index (χ1) is 11.2. The summed E-state index contributed by atoms with van der Waals surface area (Å²) in [4.78, 5) is 13.9. The number of ether oxygens (including phenoxy) is 2. The second-order valence-corrected chi connectivity index (χ2v) is 6.22. The molecule has 0 spiro atoms. The van der Waals surface area contributed by atoms with Gasteiger partial charge in [-0.05, 0) is 37.0 Å². The summed E-state index contributed by atoms with van der Waals surface area (Å²) in [5.41, 5.74) is 2.11. The number of rotatable bonds is 5. The van der Waals surface area contributed by atoms with Gasteiger partial charge in [-0.15, -0.1) is 0 Å². The van der Waals surface area contributed by atoms with Crippen molar-refractivity contribution < 1.29 is 27.4 Å². The van der Waals surface area contributed by atoms with Gasteiger partial charge in [0.25, 0.3) is 0 Å². The van der Waals surface area contributed by atoms with Crippen LogP contribution in [0.2, 0.25) is 0 Å². The van der Waals surface area contributed by atoms with Crippen molar-refractivity contribution in [2.45, 2.75) is 33.0 Å². The van der Waals surface area contributed by atoms with Crippen LogP contribution >= 0.6 is 0 Å². The van der Waals surface area contributed by atoms with E-state index in [-0.39, 0.29) is 17.6 Å². The highest BCUT2D eigenvalue weighted by atomic mass is 19.4. The van der Waals surface area contributed by atoms with Gasteiger partial charge in [-0.1, -0.05) is 12.1 Å². The van der Waals surface area contributed by atoms with Crippen LogP contribution in [-0.4, -0.2) is 43.9 Å². The molecule has 1 amide bonds. The highest BCUT2D eigenvalue weighted by Crippen LogP contribution is 2.28. The van der Waals surface area contributed by atoms with E-state index in [4.69, 9.17) is 9.47 Å². The van der Waals surface area contributed by atoms with Crippen molar-refractivity contribution in [3.8, 4) is 5.75 Å². The molecule has 1 aliphatic heterocycles. The van der Waals surface area contributed by atoms with Crippen LogP contribution in [0.4, 0.5) is 13.2 Å². The molecule has 1 atom stereocenters. The average Bonchev–Trinajstić information content (AvgIpc) is 2.98. The van der Waals surface area contributed by atoms with Gasteiger partial charge in [-0.25, -0.2) is 0 Å². The number of carbonyl (C=O) groups is 1. The molecule has 0 saturated carbocycles. The molecule has 2 rings (SSSR count). The normalized spacial score (nSPS) is 17.8. The zero-order chi connectivity index (χ0) is 17.9. The van der Waals surface area contributed by atoms with E-state index in [1.54, 1.807) is 37.9 Å². The molecule has 1 heterocycles. The molecule has 24 heavy (non-hydrogen) atoms. The Balaban J connectivity index is 2.05. The predicted molar refractivity (Wildman–Crippen MR) is 82.9 cm³/mol. The molecule has 0 N–H and O–H groups in total. The van der Waals surface area contributed by atoms with E-state index in [0.717, 1.165) is 12.0 Å². The fourth-order valence-corrected chi connectivity index (χ4v) is 2.91. The van der Waals surface area contributed by atoms with E-state index in [2.05, 4.69) is 0 Å². The number of hydrogen-bond acceptors (Lipinski definition) is 3. The number of aryl methyl sites for hydroxylation is 2. The van der Waals surface area contributed by atoms with Gasteiger partial charge >= 0.3 is 6.18 Å². The Morgan fingerprint density at radius 3 is 2.46 bits per heavy atom. The van der Waals surface area contributed by atoms with Gasteiger partial charge in [0.2, 0.25) is 5.91 Å². The van der Waals surface area contributed by atoms with Crippen molar-refractivity contribution in [1.29, 1.82) is 0 Å². The lowest BCUT2D eigenvalue weighted by Gasteiger charge is -2.22. The van der Waals surface area contributed by atoms with Crippen molar-refractivity contribution in [3.63, 3.8) is 0 Å². The lowest BCUT2D eigenvalue weighted by atomic mass is 10.0. The molecule has 1 aromatic carbocycles. The summed E-state index contributed by atoms with van der Waals surface area (Å²) < 4.78 is 47.1. The minimum atomic E-state index is -4.37. The molecular formula is C17H22F3NO3. The van der Waals surface area contributed by atoms with Crippen molar-refractivity contribution >= 4 is 5.91 Å². The fraction of sp³-hybridized carbons (Fsp3) is 0.588. The average molecular weight is 345 g/mol. The van der Waals surface area contributed by atoms with Crippen LogP contribution in [0.1, 0.15) is 23.1 Å². The molecule has 7 heteroatoms. The lowest BCUT2D eigenvalue weighted by Crippen LogP contribution is -2.32. The molecule has 1 aromatic rings. The maximum atomic E-state index is 12.3. The Bertz CT molecular complexity index is 572. The maximum absolute atomic E-state index is 12.3. The first-order valence-corrected chi connectivity index (χ1v) is 7.80. The molecule has 4 nitrogen and oxygen atoms in total. The molecule has 0 radical (unpaired) electrons. The SMILES string of the molecule is Cc1cc(CN(C)C(=O)[C@@H]2CCOC2)cc(C)c1OCC(F)(F)F. The molecule has 0 aliphatic carbocycles. The molecule has 1 saturated heterocycles.